The molecular formula is C12H21NO4. The first-order valence-electron chi connectivity index (χ1n) is 5.88. The van der Waals surface area contributed by atoms with Crippen molar-refractivity contribution in [3.8, 4) is 0 Å². The van der Waals surface area contributed by atoms with E-state index in [1.807, 2.05) is 0 Å². The van der Waals surface area contributed by atoms with E-state index in [9.17, 15) is 14.7 Å². The van der Waals surface area contributed by atoms with Crippen molar-refractivity contribution in [2.45, 2.75) is 58.6 Å². The van der Waals surface area contributed by atoms with Crippen molar-refractivity contribution in [2.24, 2.45) is 5.41 Å². The highest BCUT2D eigenvalue weighted by Crippen LogP contribution is 2.38. The van der Waals surface area contributed by atoms with Gasteiger partial charge in [0.25, 0.3) is 0 Å². The molecule has 2 atom stereocenters. The van der Waals surface area contributed by atoms with Crippen LogP contribution in [0.25, 0.3) is 0 Å². The van der Waals surface area contributed by atoms with Crippen molar-refractivity contribution in [2.75, 3.05) is 0 Å². The summed E-state index contributed by atoms with van der Waals surface area (Å²) in [6, 6.07) is -0.352. The zero-order valence-corrected chi connectivity index (χ0v) is 10.9. The minimum Gasteiger partial charge on any atom is -0.481 e. The lowest BCUT2D eigenvalue weighted by molar-refractivity contribution is -0.148. The van der Waals surface area contributed by atoms with Crippen LogP contribution in [-0.4, -0.2) is 28.8 Å². The van der Waals surface area contributed by atoms with Gasteiger partial charge in [0, 0.05) is 6.04 Å². The summed E-state index contributed by atoms with van der Waals surface area (Å²) in [5, 5.41) is 11.9. The third-order valence-electron chi connectivity index (χ3n) is 3.14. The quantitative estimate of drug-likeness (QED) is 0.779. The highest BCUT2D eigenvalue weighted by molar-refractivity contribution is 5.77. The molecule has 1 amide bonds. The molecule has 0 aromatic heterocycles. The lowest BCUT2D eigenvalue weighted by Crippen LogP contribution is -2.48. The predicted molar refractivity (Wildman–Crippen MR) is 62.8 cm³/mol. The molecule has 1 saturated carbocycles. The molecule has 0 aromatic rings. The summed E-state index contributed by atoms with van der Waals surface area (Å²) in [6.45, 7) is 7.00. The molecule has 0 spiro atoms. The van der Waals surface area contributed by atoms with Gasteiger partial charge in [0.1, 0.15) is 5.60 Å². The standard InChI is InChI=1S/C12H21NO4/c1-11(2,3)17-10(16)13-8-6-5-7-12(8,4)9(14)15/h8H,5-7H2,1-4H3,(H,13,16)(H,14,15)/t8?,12-/m1/s1. The zero-order valence-electron chi connectivity index (χ0n) is 10.9. The van der Waals surface area contributed by atoms with Gasteiger partial charge >= 0.3 is 12.1 Å². The molecule has 0 aliphatic heterocycles. The van der Waals surface area contributed by atoms with Crippen LogP contribution in [0.3, 0.4) is 0 Å². The minimum absolute atomic E-state index is 0.352. The first kappa shape index (κ1) is 13.8. The van der Waals surface area contributed by atoms with Gasteiger partial charge in [-0.2, -0.15) is 0 Å². The molecule has 0 bridgehead atoms. The minimum atomic E-state index is -0.878. The second-order valence-electron chi connectivity index (χ2n) is 5.81. The summed E-state index contributed by atoms with van der Waals surface area (Å²) in [7, 11) is 0. The Morgan fingerprint density at radius 3 is 2.47 bits per heavy atom. The molecule has 1 fully saturated rings. The number of carboxylic acids is 1. The lowest BCUT2D eigenvalue weighted by atomic mass is 9.85. The van der Waals surface area contributed by atoms with Gasteiger partial charge in [-0.25, -0.2) is 4.79 Å². The van der Waals surface area contributed by atoms with Crippen molar-refractivity contribution in [1.29, 1.82) is 0 Å². The Balaban J connectivity index is 2.63. The van der Waals surface area contributed by atoms with E-state index < -0.39 is 23.1 Å². The Labute approximate surface area is 102 Å². The Bertz CT molecular complexity index is 321. The van der Waals surface area contributed by atoms with Crippen molar-refractivity contribution < 1.29 is 19.4 Å². The molecule has 0 aromatic carbocycles. The Morgan fingerprint density at radius 1 is 1.41 bits per heavy atom. The van der Waals surface area contributed by atoms with Gasteiger partial charge in [0.15, 0.2) is 0 Å². The number of alkyl carbamates (subject to hydrolysis) is 1. The highest BCUT2D eigenvalue weighted by Gasteiger charge is 2.46. The van der Waals surface area contributed by atoms with Crippen LogP contribution >= 0.6 is 0 Å². The number of ether oxygens (including phenoxy) is 1. The molecule has 1 aliphatic rings. The molecule has 0 heterocycles. The van der Waals surface area contributed by atoms with E-state index >= 15 is 0 Å². The summed E-state index contributed by atoms with van der Waals surface area (Å²) in [5.41, 5.74) is -1.45. The number of carbonyl (C=O) groups excluding carboxylic acids is 1. The van der Waals surface area contributed by atoms with E-state index in [4.69, 9.17) is 4.74 Å². The topological polar surface area (TPSA) is 75.6 Å². The predicted octanol–water partition coefficient (Wildman–Crippen LogP) is 2.15. The number of carboxylic acid groups (broad SMARTS) is 1. The number of carbonyl (C=O) groups is 2. The largest absolute Gasteiger partial charge is 0.481 e. The molecule has 17 heavy (non-hydrogen) atoms. The normalized spacial score (nSPS) is 28.8. The van der Waals surface area contributed by atoms with Gasteiger partial charge in [0.05, 0.1) is 5.41 Å². The van der Waals surface area contributed by atoms with Gasteiger partial charge < -0.3 is 15.2 Å². The van der Waals surface area contributed by atoms with E-state index in [0.29, 0.717) is 12.8 Å². The summed E-state index contributed by atoms with van der Waals surface area (Å²) in [4.78, 5) is 22.8. The van der Waals surface area contributed by atoms with Crippen LogP contribution < -0.4 is 5.32 Å². The first-order chi connectivity index (χ1) is 7.65. The van der Waals surface area contributed by atoms with E-state index in [1.165, 1.54) is 0 Å². The fourth-order valence-corrected chi connectivity index (χ4v) is 2.10. The van der Waals surface area contributed by atoms with E-state index in [2.05, 4.69) is 5.32 Å². The Morgan fingerprint density at radius 2 is 2.00 bits per heavy atom. The number of hydrogen-bond acceptors (Lipinski definition) is 3. The van der Waals surface area contributed by atoms with Crippen molar-refractivity contribution in [1.82, 2.24) is 5.32 Å². The second kappa shape index (κ2) is 4.55. The summed E-state index contributed by atoms with van der Waals surface area (Å²) in [5.74, 6) is -0.865. The highest BCUT2D eigenvalue weighted by atomic mass is 16.6. The molecule has 98 valence electrons. The van der Waals surface area contributed by atoms with Crippen LogP contribution in [0.2, 0.25) is 0 Å². The van der Waals surface area contributed by atoms with Crippen LogP contribution in [0.4, 0.5) is 4.79 Å². The van der Waals surface area contributed by atoms with E-state index in [-0.39, 0.29) is 6.04 Å². The molecule has 0 radical (unpaired) electrons. The summed E-state index contributed by atoms with van der Waals surface area (Å²) < 4.78 is 5.13. The van der Waals surface area contributed by atoms with Gasteiger partial charge in [-0.15, -0.1) is 0 Å². The molecular weight excluding hydrogens is 222 g/mol. The van der Waals surface area contributed by atoms with Gasteiger partial charge in [-0.1, -0.05) is 6.42 Å². The lowest BCUT2D eigenvalue weighted by Gasteiger charge is -2.29. The molecule has 2 N–H and O–H groups in total. The van der Waals surface area contributed by atoms with Crippen molar-refractivity contribution in [3.05, 3.63) is 0 Å². The SMILES string of the molecule is CC(C)(C)OC(=O)NC1CCC[C@@]1(C)C(=O)O. The molecule has 1 rings (SSSR count). The Hall–Kier alpha value is -1.26. The van der Waals surface area contributed by atoms with Gasteiger partial charge in [-0.05, 0) is 40.5 Å². The van der Waals surface area contributed by atoms with Gasteiger partial charge in [-0.3, -0.25) is 4.79 Å². The maximum absolute atomic E-state index is 11.6. The van der Waals surface area contributed by atoms with Crippen LogP contribution in [0.5, 0.6) is 0 Å². The van der Waals surface area contributed by atoms with E-state index in [1.54, 1.807) is 27.7 Å². The first-order valence-corrected chi connectivity index (χ1v) is 5.88. The third-order valence-corrected chi connectivity index (χ3v) is 3.14. The summed E-state index contributed by atoms with van der Waals surface area (Å²) >= 11 is 0. The molecule has 1 unspecified atom stereocenters. The number of nitrogens with one attached hydrogen (secondary N) is 1. The average Bonchev–Trinajstić information content (AvgIpc) is 2.45. The van der Waals surface area contributed by atoms with Crippen LogP contribution in [0, 0.1) is 5.41 Å². The number of amides is 1. The molecule has 0 saturated heterocycles. The monoisotopic (exact) mass is 243 g/mol. The van der Waals surface area contributed by atoms with Gasteiger partial charge in [0.2, 0.25) is 0 Å². The number of rotatable bonds is 2. The zero-order chi connectivity index (χ0) is 13.3. The smallest absolute Gasteiger partial charge is 0.407 e. The number of aliphatic carboxylic acids is 1. The molecule has 5 nitrogen and oxygen atoms in total. The molecule has 1 aliphatic carbocycles. The summed E-state index contributed by atoms with van der Waals surface area (Å²) in [6.07, 6.45) is 1.53. The van der Waals surface area contributed by atoms with Crippen molar-refractivity contribution >= 4 is 12.1 Å². The number of hydrogen-bond donors (Lipinski definition) is 2. The van der Waals surface area contributed by atoms with Crippen LogP contribution in [0.15, 0.2) is 0 Å². The average molecular weight is 243 g/mol. The fraction of sp³-hybridized carbons (Fsp3) is 0.833. The molecule has 5 heteroatoms. The second-order valence-corrected chi connectivity index (χ2v) is 5.81. The maximum atomic E-state index is 11.6. The van der Waals surface area contributed by atoms with Crippen LogP contribution in [-0.2, 0) is 9.53 Å². The fourth-order valence-electron chi connectivity index (χ4n) is 2.10. The van der Waals surface area contributed by atoms with Crippen LogP contribution in [0.1, 0.15) is 47.0 Å². The Kier molecular flexibility index (Phi) is 3.69. The third kappa shape index (κ3) is 3.35. The van der Waals surface area contributed by atoms with Crippen molar-refractivity contribution in [3.63, 3.8) is 0 Å². The van der Waals surface area contributed by atoms with E-state index in [0.717, 1.165) is 6.42 Å². The maximum Gasteiger partial charge on any atom is 0.407 e.